The molecule has 0 unspecified atom stereocenters. The molecule has 1 aromatic rings. The Morgan fingerprint density at radius 2 is 1.71 bits per heavy atom. The zero-order chi connectivity index (χ0) is 12.9. The molecule has 1 nitrogen and oxygen atoms in total. The molecule has 0 aliphatic rings. The van der Waals surface area contributed by atoms with Crippen LogP contribution in [0.15, 0.2) is 18.2 Å². The third-order valence-corrected chi connectivity index (χ3v) is 4.24. The van der Waals surface area contributed by atoms with Crippen LogP contribution < -0.4 is 5.32 Å². The van der Waals surface area contributed by atoms with E-state index in [1.165, 1.54) is 11.1 Å². The summed E-state index contributed by atoms with van der Waals surface area (Å²) >= 11 is 6.25. The molecule has 0 saturated carbocycles. The van der Waals surface area contributed by atoms with Gasteiger partial charge in [-0.3, -0.25) is 0 Å². The minimum absolute atomic E-state index is 0.258. The van der Waals surface area contributed by atoms with Crippen molar-refractivity contribution in [3.63, 3.8) is 0 Å². The highest BCUT2D eigenvalue weighted by molar-refractivity contribution is 6.31. The predicted octanol–water partition coefficient (Wildman–Crippen LogP) is 4.71. The van der Waals surface area contributed by atoms with E-state index in [1.807, 2.05) is 6.07 Å². The lowest BCUT2D eigenvalue weighted by Gasteiger charge is -2.32. The van der Waals surface area contributed by atoms with Crippen molar-refractivity contribution in [1.82, 2.24) is 5.32 Å². The summed E-state index contributed by atoms with van der Waals surface area (Å²) in [6.45, 7) is 9.66. The van der Waals surface area contributed by atoms with E-state index < -0.39 is 0 Å². The van der Waals surface area contributed by atoms with Gasteiger partial charge in [0.2, 0.25) is 0 Å². The Hall–Kier alpha value is -0.530. The Kier molecular flexibility index (Phi) is 5.48. The second kappa shape index (κ2) is 6.42. The second-order valence-corrected chi connectivity index (χ2v) is 5.20. The normalized spacial score (nSPS) is 11.8. The lowest BCUT2D eigenvalue weighted by atomic mass is 9.89. The first-order chi connectivity index (χ1) is 8.06. The van der Waals surface area contributed by atoms with Gasteiger partial charge < -0.3 is 5.32 Å². The van der Waals surface area contributed by atoms with Crippen molar-refractivity contribution in [2.75, 3.05) is 0 Å². The smallest absolute Gasteiger partial charge is 0.0453 e. The maximum absolute atomic E-state index is 6.25. The number of hydrogen-bond donors (Lipinski definition) is 1. The molecule has 1 rings (SSSR count). The Balaban J connectivity index is 2.72. The minimum atomic E-state index is 0.258. The van der Waals surface area contributed by atoms with Crippen molar-refractivity contribution >= 4 is 11.6 Å². The maximum Gasteiger partial charge on any atom is 0.0453 e. The summed E-state index contributed by atoms with van der Waals surface area (Å²) in [6.07, 6.45) is 3.47. The number of aryl methyl sites for hydroxylation is 1. The van der Waals surface area contributed by atoms with Crippen molar-refractivity contribution in [2.24, 2.45) is 0 Å². The number of rotatable bonds is 6. The molecule has 0 aliphatic heterocycles. The summed E-state index contributed by atoms with van der Waals surface area (Å²) in [6, 6.07) is 6.27. The summed E-state index contributed by atoms with van der Waals surface area (Å²) in [7, 11) is 0. The Bertz CT molecular complexity index is 348. The van der Waals surface area contributed by atoms with Crippen LogP contribution in [0.2, 0.25) is 5.02 Å². The van der Waals surface area contributed by atoms with Gasteiger partial charge in [0, 0.05) is 17.1 Å². The number of hydrogen-bond acceptors (Lipinski definition) is 1. The third-order valence-electron chi connectivity index (χ3n) is 3.89. The van der Waals surface area contributed by atoms with Crippen molar-refractivity contribution in [3.05, 3.63) is 34.3 Å². The SMILES string of the molecule is CCC(CC)(CC)NCc1ccc(C)cc1Cl. The van der Waals surface area contributed by atoms with Crippen LogP contribution in [0.5, 0.6) is 0 Å². The van der Waals surface area contributed by atoms with Gasteiger partial charge in [-0.15, -0.1) is 0 Å². The van der Waals surface area contributed by atoms with Crippen LogP contribution in [0.4, 0.5) is 0 Å². The molecule has 0 spiro atoms. The summed E-state index contributed by atoms with van der Waals surface area (Å²) in [5, 5.41) is 4.54. The average molecular weight is 254 g/mol. The number of benzene rings is 1. The van der Waals surface area contributed by atoms with Crippen LogP contribution in [-0.4, -0.2) is 5.54 Å². The molecule has 1 N–H and O–H groups in total. The molecular formula is C15H24ClN. The molecule has 0 saturated heterocycles. The zero-order valence-corrected chi connectivity index (χ0v) is 12.2. The largest absolute Gasteiger partial charge is 0.307 e. The molecular weight excluding hydrogens is 230 g/mol. The summed E-state index contributed by atoms with van der Waals surface area (Å²) in [4.78, 5) is 0. The van der Waals surface area contributed by atoms with Crippen molar-refractivity contribution in [1.29, 1.82) is 0 Å². The fraction of sp³-hybridized carbons (Fsp3) is 0.600. The van der Waals surface area contributed by atoms with Crippen LogP contribution >= 0.6 is 11.6 Å². The van der Waals surface area contributed by atoms with Crippen molar-refractivity contribution in [2.45, 2.75) is 59.0 Å². The first-order valence-electron chi connectivity index (χ1n) is 6.57. The average Bonchev–Trinajstić information content (AvgIpc) is 2.33. The molecule has 0 bridgehead atoms. The highest BCUT2D eigenvalue weighted by Crippen LogP contribution is 2.22. The molecule has 0 atom stereocenters. The van der Waals surface area contributed by atoms with Gasteiger partial charge in [-0.1, -0.05) is 44.5 Å². The van der Waals surface area contributed by atoms with Crippen molar-refractivity contribution in [3.8, 4) is 0 Å². The van der Waals surface area contributed by atoms with E-state index in [0.717, 1.165) is 30.8 Å². The monoisotopic (exact) mass is 253 g/mol. The summed E-state index contributed by atoms with van der Waals surface area (Å²) in [5.74, 6) is 0. The van der Waals surface area contributed by atoms with Crippen LogP contribution in [0.3, 0.4) is 0 Å². The van der Waals surface area contributed by atoms with Crippen LogP contribution in [-0.2, 0) is 6.54 Å². The Labute approximate surface area is 111 Å². The highest BCUT2D eigenvalue weighted by Gasteiger charge is 2.22. The second-order valence-electron chi connectivity index (χ2n) is 4.79. The standard InChI is InChI=1S/C15H24ClN/c1-5-15(6-2,7-3)17-11-13-9-8-12(4)10-14(13)16/h8-10,17H,5-7,11H2,1-4H3. The zero-order valence-electron chi connectivity index (χ0n) is 11.4. The van der Waals surface area contributed by atoms with E-state index in [2.05, 4.69) is 45.1 Å². The van der Waals surface area contributed by atoms with Crippen LogP contribution in [0.25, 0.3) is 0 Å². The first kappa shape index (κ1) is 14.5. The van der Waals surface area contributed by atoms with E-state index >= 15 is 0 Å². The first-order valence-corrected chi connectivity index (χ1v) is 6.94. The number of halogens is 1. The van der Waals surface area contributed by atoms with E-state index in [1.54, 1.807) is 0 Å². The minimum Gasteiger partial charge on any atom is -0.307 e. The van der Waals surface area contributed by atoms with Gasteiger partial charge in [-0.05, 0) is 43.4 Å². The topological polar surface area (TPSA) is 12.0 Å². The fourth-order valence-electron chi connectivity index (χ4n) is 2.20. The molecule has 0 radical (unpaired) electrons. The number of nitrogens with one attached hydrogen (secondary N) is 1. The fourth-order valence-corrected chi connectivity index (χ4v) is 2.51. The molecule has 0 aliphatic carbocycles. The van der Waals surface area contributed by atoms with Gasteiger partial charge in [-0.25, -0.2) is 0 Å². The molecule has 17 heavy (non-hydrogen) atoms. The Morgan fingerprint density at radius 1 is 1.12 bits per heavy atom. The molecule has 0 aromatic heterocycles. The van der Waals surface area contributed by atoms with Gasteiger partial charge in [0.1, 0.15) is 0 Å². The van der Waals surface area contributed by atoms with Gasteiger partial charge in [-0.2, -0.15) is 0 Å². The molecule has 0 heterocycles. The molecule has 0 fully saturated rings. The Morgan fingerprint density at radius 3 is 2.18 bits per heavy atom. The molecule has 1 aromatic carbocycles. The highest BCUT2D eigenvalue weighted by atomic mass is 35.5. The van der Waals surface area contributed by atoms with Crippen LogP contribution in [0, 0.1) is 6.92 Å². The van der Waals surface area contributed by atoms with E-state index in [4.69, 9.17) is 11.6 Å². The van der Waals surface area contributed by atoms with Crippen LogP contribution in [0.1, 0.15) is 51.2 Å². The summed E-state index contributed by atoms with van der Waals surface area (Å²) in [5.41, 5.74) is 2.66. The maximum atomic E-state index is 6.25. The van der Waals surface area contributed by atoms with Crippen molar-refractivity contribution < 1.29 is 0 Å². The van der Waals surface area contributed by atoms with Gasteiger partial charge in [0.05, 0.1) is 0 Å². The van der Waals surface area contributed by atoms with Gasteiger partial charge >= 0.3 is 0 Å². The predicted molar refractivity (Wildman–Crippen MR) is 76.6 cm³/mol. The quantitative estimate of drug-likeness (QED) is 0.775. The molecule has 96 valence electrons. The molecule has 2 heteroatoms. The van der Waals surface area contributed by atoms with Gasteiger partial charge in [0.25, 0.3) is 0 Å². The lowest BCUT2D eigenvalue weighted by Crippen LogP contribution is -2.43. The molecule has 0 amide bonds. The van der Waals surface area contributed by atoms with E-state index in [9.17, 15) is 0 Å². The van der Waals surface area contributed by atoms with E-state index in [-0.39, 0.29) is 5.54 Å². The third kappa shape index (κ3) is 3.72. The van der Waals surface area contributed by atoms with E-state index in [0.29, 0.717) is 0 Å². The summed E-state index contributed by atoms with van der Waals surface area (Å²) < 4.78 is 0. The van der Waals surface area contributed by atoms with Gasteiger partial charge in [0.15, 0.2) is 0 Å². The lowest BCUT2D eigenvalue weighted by molar-refractivity contribution is 0.288.